The van der Waals surface area contributed by atoms with E-state index in [2.05, 4.69) is 15.9 Å². The van der Waals surface area contributed by atoms with Gasteiger partial charge in [-0.2, -0.15) is 0 Å². The summed E-state index contributed by atoms with van der Waals surface area (Å²) in [5, 5.41) is 0. The summed E-state index contributed by atoms with van der Waals surface area (Å²) in [4.78, 5) is 14.0. The maximum atomic E-state index is 12.1. The van der Waals surface area contributed by atoms with E-state index >= 15 is 0 Å². The second kappa shape index (κ2) is 4.97. The number of nitrogens with zero attached hydrogens (tertiary/aromatic N) is 1. The van der Waals surface area contributed by atoms with E-state index in [0.717, 1.165) is 29.4 Å². The van der Waals surface area contributed by atoms with E-state index in [-0.39, 0.29) is 11.9 Å². The molecule has 1 aliphatic heterocycles. The van der Waals surface area contributed by atoms with Gasteiger partial charge in [0.25, 0.3) is 5.91 Å². The van der Waals surface area contributed by atoms with E-state index in [9.17, 15) is 4.79 Å². The third kappa shape index (κ3) is 2.62. The predicted octanol–water partition coefficient (Wildman–Crippen LogP) is 2.01. The highest BCUT2D eigenvalue weighted by molar-refractivity contribution is 9.10. The van der Waals surface area contributed by atoms with E-state index in [1.807, 2.05) is 29.2 Å². The van der Waals surface area contributed by atoms with Crippen LogP contribution in [0, 0.1) is 0 Å². The number of amides is 1. The molecule has 1 unspecified atom stereocenters. The zero-order valence-electron chi connectivity index (χ0n) is 9.03. The second-order valence-electron chi connectivity index (χ2n) is 4.16. The Kier molecular flexibility index (Phi) is 3.61. The van der Waals surface area contributed by atoms with Gasteiger partial charge < -0.3 is 10.6 Å². The van der Waals surface area contributed by atoms with Crippen molar-refractivity contribution in [2.45, 2.75) is 18.9 Å². The van der Waals surface area contributed by atoms with Crippen LogP contribution in [0.25, 0.3) is 0 Å². The Balaban J connectivity index is 2.12. The molecule has 2 N–H and O–H groups in total. The smallest absolute Gasteiger partial charge is 0.253 e. The summed E-state index contributed by atoms with van der Waals surface area (Å²) in [7, 11) is 0. The molecule has 1 aromatic rings. The predicted molar refractivity (Wildman–Crippen MR) is 67.3 cm³/mol. The van der Waals surface area contributed by atoms with Gasteiger partial charge in [0.15, 0.2) is 0 Å². The molecule has 1 aliphatic rings. The molecule has 2 rings (SSSR count). The Bertz CT molecular complexity index is 394. The Hall–Kier alpha value is -0.870. The van der Waals surface area contributed by atoms with E-state index in [4.69, 9.17) is 5.73 Å². The fourth-order valence-electron chi connectivity index (χ4n) is 2.00. The Morgan fingerprint density at radius 1 is 1.50 bits per heavy atom. The first kappa shape index (κ1) is 11.6. The highest BCUT2D eigenvalue weighted by atomic mass is 79.9. The molecule has 4 heteroatoms. The molecule has 86 valence electrons. The maximum absolute atomic E-state index is 12.1. The average Bonchev–Trinajstić information content (AvgIpc) is 2.28. The lowest BCUT2D eigenvalue weighted by atomic mass is 10.1. The zero-order chi connectivity index (χ0) is 11.5. The fourth-order valence-corrected chi connectivity index (χ4v) is 2.40. The standard InChI is InChI=1S/C12H15BrN2O/c13-10-4-1-3-9(7-10)12(16)15-6-2-5-11(14)8-15/h1,3-4,7,11H,2,5-6,8,14H2. The highest BCUT2D eigenvalue weighted by Gasteiger charge is 2.22. The van der Waals surface area contributed by atoms with Crippen molar-refractivity contribution < 1.29 is 4.79 Å². The van der Waals surface area contributed by atoms with Crippen LogP contribution in [0.4, 0.5) is 0 Å². The van der Waals surface area contributed by atoms with Crippen molar-refractivity contribution >= 4 is 21.8 Å². The van der Waals surface area contributed by atoms with Gasteiger partial charge in [-0.1, -0.05) is 22.0 Å². The topological polar surface area (TPSA) is 46.3 Å². The Morgan fingerprint density at radius 2 is 2.31 bits per heavy atom. The first-order valence-corrected chi connectivity index (χ1v) is 6.26. The number of halogens is 1. The van der Waals surface area contributed by atoms with Gasteiger partial charge in [-0.15, -0.1) is 0 Å². The minimum Gasteiger partial charge on any atom is -0.337 e. The summed E-state index contributed by atoms with van der Waals surface area (Å²) >= 11 is 3.37. The highest BCUT2D eigenvalue weighted by Crippen LogP contribution is 2.16. The summed E-state index contributed by atoms with van der Waals surface area (Å²) < 4.78 is 0.930. The van der Waals surface area contributed by atoms with Crippen molar-refractivity contribution in [2.75, 3.05) is 13.1 Å². The largest absolute Gasteiger partial charge is 0.337 e. The van der Waals surface area contributed by atoms with Gasteiger partial charge in [-0.25, -0.2) is 0 Å². The minimum atomic E-state index is 0.0800. The van der Waals surface area contributed by atoms with Crippen LogP contribution in [-0.2, 0) is 0 Å². The molecule has 1 atom stereocenters. The normalized spacial score (nSPS) is 20.9. The first-order valence-electron chi connectivity index (χ1n) is 5.47. The third-order valence-electron chi connectivity index (χ3n) is 2.82. The third-order valence-corrected chi connectivity index (χ3v) is 3.31. The molecule has 1 saturated heterocycles. The number of likely N-dealkylation sites (tertiary alicyclic amines) is 1. The van der Waals surface area contributed by atoms with Crippen LogP contribution >= 0.6 is 15.9 Å². The number of piperidine rings is 1. The van der Waals surface area contributed by atoms with Crippen molar-refractivity contribution in [3.63, 3.8) is 0 Å². The summed E-state index contributed by atoms with van der Waals surface area (Å²) in [5.74, 6) is 0.0800. The van der Waals surface area contributed by atoms with Gasteiger partial charge in [0, 0.05) is 29.2 Å². The van der Waals surface area contributed by atoms with Crippen LogP contribution in [-0.4, -0.2) is 29.9 Å². The molecule has 1 fully saturated rings. The molecule has 0 aliphatic carbocycles. The van der Waals surface area contributed by atoms with Gasteiger partial charge in [-0.05, 0) is 31.0 Å². The van der Waals surface area contributed by atoms with Crippen molar-refractivity contribution in [2.24, 2.45) is 5.73 Å². The van der Waals surface area contributed by atoms with Gasteiger partial charge in [0.2, 0.25) is 0 Å². The molecular weight excluding hydrogens is 268 g/mol. The van der Waals surface area contributed by atoms with Crippen LogP contribution in [0.3, 0.4) is 0 Å². The van der Waals surface area contributed by atoms with Gasteiger partial charge in [0.1, 0.15) is 0 Å². The first-order chi connectivity index (χ1) is 7.66. The number of hydrogen-bond donors (Lipinski definition) is 1. The zero-order valence-corrected chi connectivity index (χ0v) is 10.6. The second-order valence-corrected chi connectivity index (χ2v) is 5.08. The number of carbonyl (C=O) groups is 1. The summed E-state index contributed by atoms with van der Waals surface area (Å²) in [5.41, 5.74) is 6.59. The molecule has 0 bridgehead atoms. The molecule has 3 nitrogen and oxygen atoms in total. The van der Waals surface area contributed by atoms with Gasteiger partial charge >= 0.3 is 0 Å². The summed E-state index contributed by atoms with van der Waals surface area (Å²) in [6, 6.07) is 7.61. The van der Waals surface area contributed by atoms with Gasteiger partial charge in [0.05, 0.1) is 0 Å². The van der Waals surface area contributed by atoms with Crippen LogP contribution in [0.2, 0.25) is 0 Å². The van der Waals surface area contributed by atoms with E-state index < -0.39 is 0 Å². The molecule has 0 radical (unpaired) electrons. The molecule has 0 spiro atoms. The lowest BCUT2D eigenvalue weighted by Gasteiger charge is -2.30. The van der Waals surface area contributed by atoms with E-state index in [1.165, 1.54) is 0 Å². The number of benzene rings is 1. The molecular formula is C12H15BrN2O. The van der Waals surface area contributed by atoms with Crippen molar-refractivity contribution in [1.29, 1.82) is 0 Å². The molecule has 1 aromatic carbocycles. The van der Waals surface area contributed by atoms with Crippen molar-refractivity contribution in [3.8, 4) is 0 Å². The van der Waals surface area contributed by atoms with Gasteiger partial charge in [-0.3, -0.25) is 4.79 Å². The van der Waals surface area contributed by atoms with Crippen LogP contribution in [0.1, 0.15) is 23.2 Å². The van der Waals surface area contributed by atoms with E-state index in [1.54, 1.807) is 0 Å². The minimum absolute atomic E-state index is 0.0800. The number of rotatable bonds is 1. The van der Waals surface area contributed by atoms with Crippen LogP contribution in [0.15, 0.2) is 28.7 Å². The molecule has 1 heterocycles. The molecule has 16 heavy (non-hydrogen) atoms. The van der Waals surface area contributed by atoms with Crippen LogP contribution < -0.4 is 5.73 Å². The maximum Gasteiger partial charge on any atom is 0.253 e. The number of hydrogen-bond acceptors (Lipinski definition) is 2. The molecule has 0 saturated carbocycles. The quantitative estimate of drug-likeness (QED) is 0.857. The van der Waals surface area contributed by atoms with Crippen molar-refractivity contribution in [3.05, 3.63) is 34.3 Å². The monoisotopic (exact) mass is 282 g/mol. The molecule has 1 amide bonds. The Labute approximate surface area is 104 Å². The lowest BCUT2D eigenvalue weighted by molar-refractivity contribution is 0.0709. The van der Waals surface area contributed by atoms with E-state index in [0.29, 0.717) is 6.54 Å². The van der Waals surface area contributed by atoms with Crippen LogP contribution in [0.5, 0.6) is 0 Å². The number of carbonyl (C=O) groups excluding carboxylic acids is 1. The number of nitrogens with two attached hydrogens (primary N) is 1. The molecule has 0 aromatic heterocycles. The van der Waals surface area contributed by atoms with Crippen molar-refractivity contribution in [1.82, 2.24) is 4.90 Å². The lowest BCUT2D eigenvalue weighted by Crippen LogP contribution is -2.45. The SMILES string of the molecule is NC1CCCN(C(=O)c2cccc(Br)c2)C1. The Morgan fingerprint density at radius 3 is 3.00 bits per heavy atom. The fraction of sp³-hybridized carbons (Fsp3) is 0.417. The average molecular weight is 283 g/mol. The summed E-state index contributed by atoms with van der Waals surface area (Å²) in [6.45, 7) is 1.49. The summed E-state index contributed by atoms with van der Waals surface area (Å²) in [6.07, 6.45) is 2.02.